The number of nitrogens with zero attached hydrogens (tertiary/aromatic N) is 1. The predicted octanol–water partition coefficient (Wildman–Crippen LogP) is 5.58. The highest BCUT2D eigenvalue weighted by Crippen LogP contribution is 2.32. The van der Waals surface area contributed by atoms with E-state index in [1.807, 2.05) is 38.1 Å². The second kappa shape index (κ2) is 10.4. The van der Waals surface area contributed by atoms with Crippen LogP contribution in [0.3, 0.4) is 0 Å². The molecule has 0 fully saturated rings. The largest absolute Gasteiger partial charge is 0.491 e. The normalized spacial score (nSPS) is 13.5. The molecule has 0 radical (unpaired) electrons. The Kier molecular flexibility index (Phi) is 8.24. The highest BCUT2D eigenvalue weighted by molar-refractivity contribution is 6.05. The third-order valence-electron chi connectivity index (χ3n) is 4.64. The Morgan fingerprint density at radius 1 is 1.18 bits per heavy atom. The summed E-state index contributed by atoms with van der Waals surface area (Å²) in [6, 6.07) is 7.60. The molecule has 5 nitrogen and oxygen atoms in total. The fourth-order valence-corrected chi connectivity index (χ4v) is 3.28. The molecule has 0 bridgehead atoms. The molecule has 0 aliphatic carbocycles. The number of carbonyl (C=O) groups is 1. The lowest BCUT2D eigenvalue weighted by Gasteiger charge is -2.30. The summed E-state index contributed by atoms with van der Waals surface area (Å²) < 4.78 is 11.9. The number of ether oxygens (including phenoxy) is 2. The van der Waals surface area contributed by atoms with Crippen LogP contribution >= 0.6 is 0 Å². The highest BCUT2D eigenvalue weighted by atomic mass is 16.5. The lowest BCUT2D eigenvalue weighted by atomic mass is 9.92. The van der Waals surface area contributed by atoms with Crippen LogP contribution in [0, 0.1) is 5.92 Å². The quantitative estimate of drug-likeness (QED) is 0.512. The minimum Gasteiger partial charge on any atom is -0.491 e. The van der Waals surface area contributed by atoms with E-state index in [1.165, 1.54) is 0 Å². The van der Waals surface area contributed by atoms with Gasteiger partial charge in [0.25, 0.3) is 5.91 Å². The number of hydrogen-bond acceptors (Lipinski definition) is 4. The average Bonchev–Trinajstić information content (AvgIpc) is 2.67. The van der Waals surface area contributed by atoms with Crippen LogP contribution < -0.4 is 10.1 Å². The maximum atomic E-state index is 13.1. The number of anilines is 1. The molecule has 2 aromatic rings. The van der Waals surface area contributed by atoms with Crippen molar-refractivity contribution < 1.29 is 14.3 Å². The minimum atomic E-state index is -0.866. The van der Waals surface area contributed by atoms with Crippen LogP contribution in [0.2, 0.25) is 0 Å². The summed E-state index contributed by atoms with van der Waals surface area (Å²) in [7, 11) is 0. The first-order chi connectivity index (χ1) is 13.4. The monoisotopic (exact) mass is 386 g/mol. The lowest BCUT2D eigenvalue weighted by molar-refractivity contribution is -0.141. The first-order valence-corrected chi connectivity index (χ1v) is 10.4. The number of aromatic nitrogens is 1. The van der Waals surface area contributed by atoms with Gasteiger partial charge in [-0.25, -0.2) is 0 Å². The Balaban J connectivity index is 2.29. The van der Waals surface area contributed by atoms with Crippen LogP contribution in [0.4, 0.5) is 5.69 Å². The zero-order valence-corrected chi connectivity index (χ0v) is 17.9. The molecule has 5 heteroatoms. The maximum absolute atomic E-state index is 13.1. The van der Waals surface area contributed by atoms with Gasteiger partial charge in [-0.3, -0.25) is 9.78 Å². The van der Waals surface area contributed by atoms with Crippen molar-refractivity contribution in [3.8, 4) is 5.75 Å². The molecule has 0 saturated carbocycles. The molecule has 154 valence electrons. The molecular weight excluding hydrogens is 352 g/mol. The van der Waals surface area contributed by atoms with Gasteiger partial charge in [0, 0.05) is 18.2 Å². The maximum Gasteiger partial charge on any atom is 0.256 e. The fraction of sp³-hybridized carbons (Fsp3) is 0.565. The third-order valence-corrected chi connectivity index (χ3v) is 4.64. The number of unbranched alkanes of at least 4 members (excludes halogenated alkanes) is 1. The molecule has 1 heterocycles. The molecule has 0 spiro atoms. The highest BCUT2D eigenvalue weighted by Gasteiger charge is 2.35. The molecule has 1 atom stereocenters. The molecule has 0 aliphatic rings. The van der Waals surface area contributed by atoms with E-state index in [0.29, 0.717) is 25.6 Å². The van der Waals surface area contributed by atoms with E-state index >= 15 is 0 Å². The van der Waals surface area contributed by atoms with E-state index < -0.39 is 5.60 Å². The molecule has 1 aromatic carbocycles. The molecule has 0 unspecified atom stereocenters. The van der Waals surface area contributed by atoms with Crippen LogP contribution in [-0.4, -0.2) is 29.7 Å². The predicted molar refractivity (Wildman–Crippen MR) is 115 cm³/mol. The van der Waals surface area contributed by atoms with Gasteiger partial charge in [-0.1, -0.05) is 34.1 Å². The molecule has 0 saturated heterocycles. The molecule has 28 heavy (non-hydrogen) atoms. The van der Waals surface area contributed by atoms with Crippen molar-refractivity contribution in [3.63, 3.8) is 0 Å². The molecular formula is C23H34N2O3. The van der Waals surface area contributed by atoms with Crippen LogP contribution in [0.25, 0.3) is 10.9 Å². The number of pyridine rings is 1. The van der Waals surface area contributed by atoms with Crippen molar-refractivity contribution >= 4 is 22.5 Å². The van der Waals surface area contributed by atoms with Gasteiger partial charge in [-0.2, -0.15) is 0 Å². The first-order valence-electron chi connectivity index (χ1n) is 10.4. The van der Waals surface area contributed by atoms with E-state index in [-0.39, 0.29) is 5.91 Å². The van der Waals surface area contributed by atoms with Crippen LogP contribution in [-0.2, 0) is 9.53 Å². The van der Waals surface area contributed by atoms with Gasteiger partial charge in [0.2, 0.25) is 0 Å². The van der Waals surface area contributed by atoms with Crippen molar-refractivity contribution in [2.45, 2.75) is 65.9 Å². The SMILES string of the molecule is CCCCOc1ccc(NC(=O)[C@](C)(CC(C)C)OCCC)c2cccnc12. The molecule has 1 amide bonds. The number of nitrogens with one attached hydrogen (secondary N) is 1. The van der Waals surface area contributed by atoms with Gasteiger partial charge >= 0.3 is 0 Å². The lowest BCUT2D eigenvalue weighted by Crippen LogP contribution is -2.44. The third kappa shape index (κ3) is 5.68. The number of carbonyl (C=O) groups excluding carboxylic acids is 1. The van der Waals surface area contributed by atoms with Gasteiger partial charge in [-0.15, -0.1) is 0 Å². The minimum absolute atomic E-state index is 0.126. The summed E-state index contributed by atoms with van der Waals surface area (Å²) in [6.45, 7) is 11.5. The Labute approximate surface area is 168 Å². The van der Waals surface area contributed by atoms with Crippen LogP contribution in [0.1, 0.15) is 60.3 Å². The summed E-state index contributed by atoms with van der Waals surface area (Å²) in [6.07, 6.45) is 5.35. The Hall–Kier alpha value is -2.14. The van der Waals surface area contributed by atoms with Crippen molar-refractivity contribution in [3.05, 3.63) is 30.5 Å². The van der Waals surface area contributed by atoms with Crippen molar-refractivity contribution in [2.75, 3.05) is 18.5 Å². The van der Waals surface area contributed by atoms with Gasteiger partial charge < -0.3 is 14.8 Å². The molecule has 2 rings (SSSR count). The fourth-order valence-electron chi connectivity index (χ4n) is 3.28. The zero-order valence-electron chi connectivity index (χ0n) is 17.9. The number of amides is 1. The zero-order chi connectivity index (χ0) is 20.6. The second-order valence-electron chi connectivity index (χ2n) is 7.84. The number of benzene rings is 1. The summed E-state index contributed by atoms with van der Waals surface area (Å²) in [5.74, 6) is 0.967. The molecule has 0 aliphatic heterocycles. The summed E-state index contributed by atoms with van der Waals surface area (Å²) in [4.78, 5) is 17.6. The topological polar surface area (TPSA) is 60.5 Å². The van der Waals surface area contributed by atoms with Gasteiger partial charge in [-0.05, 0) is 56.4 Å². The van der Waals surface area contributed by atoms with Crippen molar-refractivity contribution in [1.82, 2.24) is 4.98 Å². The number of hydrogen-bond donors (Lipinski definition) is 1. The van der Waals surface area contributed by atoms with E-state index in [1.54, 1.807) is 6.20 Å². The number of rotatable bonds is 11. The summed E-state index contributed by atoms with van der Waals surface area (Å²) in [5.41, 5.74) is 0.622. The van der Waals surface area contributed by atoms with E-state index in [9.17, 15) is 4.79 Å². The van der Waals surface area contributed by atoms with E-state index in [4.69, 9.17) is 9.47 Å². The number of fused-ring (bicyclic) bond motifs is 1. The Morgan fingerprint density at radius 2 is 1.96 bits per heavy atom. The summed E-state index contributed by atoms with van der Waals surface area (Å²) >= 11 is 0. The second-order valence-corrected chi connectivity index (χ2v) is 7.84. The Bertz CT molecular complexity index is 776. The molecule has 1 aromatic heterocycles. The standard InChI is InChI=1S/C23H34N2O3/c1-6-8-15-27-20-12-11-19(18-10-9-13-24-21(18)20)25-22(26)23(5,16-17(3)4)28-14-7-2/h9-13,17H,6-8,14-16H2,1-5H3,(H,25,26)/t23-/m0/s1. The van der Waals surface area contributed by atoms with Gasteiger partial charge in [0.05, 0.1) is 12.3 Å². The Morgan fingerprint density at radius 3 is 2.64 bits per heavy atom. The van der Waals surface area contributed by atoms with Crippen molar-refractivity contribution in [2.24, 2.45) is 5.92 Å². The van der Waals surface area contributed by atoms with Gasteiger partial charge in [0.1, 0.15) is 16.9 Å². The van der Waals surface area contributed by atoms with E-state index in [0.717, 1.165) is 41.6 Å². The van der Waals surface area contributed by atoms with Crippen LogP contribution in [0.5, 0.6) is 5.75 Å². The van der Waals surface area contributed by atoms with Crippen LogP contribution in [0.15, 0.2) is 30.5 Å². The summed E-state index contributed by atoms with van der Waals surface area (Å²) in [5, 5.41) is 3.94. The van der Waals surface area contributed by atoms with Gasteiger partial charge in [0.15, 0.2) is 0 Å². The smallest absolute Gasteiger partial charge is 0.256 e. The first kappa shape index (κ1) is 22.2. The average molecular weight is 387 g/mol. The molecule has 1 N–H and O–H groups in total. The van der Waals surface area contributed by atoms with E-state index in [2.05, 4.69) is 31.1 Å². The van der Waals surface area contributed by atoms with Crippen molar-refractivity contribution in [1.29, 1.82) is 0 Å².